The minimum absolute atomic E-state index is 0.708. The summed E-state index contributed by atoms with van der Waals surface area (Å²) >= 11 is 6.04. The van der Waals surface area contributed by atoms with Crippen molar-refractivity contribution < 1.29 is 0 Å². The molecule has 4 aromatic rings. The number of halogens is 1. The molecule has 0 bridgehead atoms. The van der Waals surface area contributed by atoms with E-state index in [2.05, 4.69) is 10.1 Å². The van der Waals surface area contributed by atoms with Gasteiger partial charge in [0.05, 0.1) is 16.7 Å². The molecule has 0 aliphatic rings. The van der Waals surface area contributed by atoms with Crippen molar-refractivity contribution in [2.75, 3.05) is 0 Å². The first kappa shape index (κ1) is 11.4. The summed E-state index contributed by atoms with van der Waals surface area (Å²) in [6.45, 7) is 0. The molecular weight excluding hydrogens is 270 g/mol. The fourth-order valence-corrected chi connectivity index (χ4v) is 2.53. The van der Waals surface area contributed by atoms with E-state index in [0.29, 0.717) is 5.02 Å². The molecule has 0 aliphatic carbocycles. The Hall–Kier alpha value is -2.39. The highest BCUT2D eigenvalue weighted by atomic mass is 35.5. The van der Waals surface area contributed by atoms with Crippen LogP contribution in [0.5, 0.6) is 0 Å². The van der Waals surface area contributed by atoms with Crippen LogP contribution in [0.1, 0.15) is 0 Å². The van der Waals surface area contributed by atoms with E-state index in [9.17, 15) is 0 Å². The van der Waals surface area contributed by atoms with Crippen LogP contribution in [0, 0.1) is 0 Å². The third-order valence-electron chi connectivity index (χ3n) is 3.28. The highest BCUT2D eigenvalue weighted by Gasteiger charge is 2.07. The quantitative estimate of drug-likeness (QED) is 0.523. The summed E-state index contributed by atoms with van der Waals surface area (Å²) in [5, 5.41) is 5.38. The monoisotopic (exact) mass is 279 g/mol. The molecule has 2 heterocycles. The third kappa shape index (κ3) is 1.75. The maximum atomic E-state index is 6.04. The SMILES string of the molecule is Clc1cccc(-c2ccc3nc4ccccc4n3n2)c1. The van der Waals surface area contributed by atoms with E-state index in [1.807, 2.05) is 65.2 Å². The molecule has 96 valence electrons. The van der Waals surface area contributed by atoms with Gasteiger partial charge >= 0.3 is 0 Å². The fourth-order valence-electron chi connectivity index (χ4n) is 2.34. The van der Waals surface area contributed by atoms with Gasteiger partial charge in [-0.15, -0.1) is 0 Å². The van der Waals surface area contributed by atoms with E-state index in [1.165, 1.54) is 0 Å². The van der Waals surface area contributed by atoms with Crippen molar-refractivity contribution in [1.82, 2.24) is 14.6 Å². The van der Waals surface area contributed by atoms with Crippen LogP contribution in [0.3, 0.4) is 0 Å². The average molecular weight is 280 g/mol. The van der Waals surface area contributed by atoms with Gasteiger partial charge < -0.3 is 0 Å². The summed E-state index contributed by atoms with van der Waals surface area (Å²) in [6.07, 6.45) is 0. The topological polar surface area (TPSA) is 30.2 Å². The van der Waals surface area contributed by atoms with E-state index in [4.69, 9.17) is 11.6 Å². The van der Waals surface area contributed by atoms with Gasteiger partial charge in [0.15, 0.2) is 5.65 Å². The molecule has 0 unspecified atom stereocenters. The molecule has 2 aromatic heterocycles. The van der Waals surface area contributed by atoms with Crippen LogP contribution in [0.15, 0.2) is 60.7 Å². The predicted octanol–water partition coefficient (Wildman–Crippen LogP) is 4.20. The molecule has 4 rings (SSSR count). The second-order valence-electron chi connectivity index (χ2n) is 4.60. The number of hydrogen-bond donors (Lipinski definition) is 0. The molecule has 0 atom stereocenters. The van der Waals surface area contributed by atoms with Gasteiger partial charge in [0.25, 0.3) is 0 Å². The lowest BCUT2D eigenvalue weighted by atomic mass is 10.1. The van der Waals surface area contributed by atoms with Crippen LogP contribution in [0.4, 0.5) is 0 Å². The third-order valence-corrected chi connectivity index (χ3v) is 3.52. The number of imidazole rings is 1. The van der Waals surface area contributed by atoms with Crippen LogP contribution in [-0.4, -0.2) is 14.6 Å². The van der Waals surface area contributed by atoms with Gasteiger partial charge in [0.1, 0.15) is 0 Å². The van der Waals surface area contributed by atoms with Crippen molar-refractivity contribution in [2.24, 2.45) is 0 Å². The first-order valence-corrected chi connectivity index (χ1v) is 6.69. The number of fused-ring (bicyclic) bond motifs is 3. The normalized spacial score (nSPS) is 11.2. The molecule has 0 amide bonds. The summed E-state index contributed by atoms with van der Waals surface area (Å²) in [5.74, 6) is 0. The van der Waals surface area contributed by atoms with E-state index < -0.39 is 0 Å². The Labute approximate surface area is 120 Å². The lowest BCUT2D eigenvalue weighted by Crippen LogP contribution is -1.94. The average Bonchev–Trinajstić information content (AvgIpc) is 2.85. The minimum atomic E-state index is 0.708. The van der Waals surface area contributed by atoms with Gasteiger partial charge in [-0.2, -0.15) is 5.10 Å². The summed E-state index contributed by atoms with van der Waals surface area (Å²) in [7, 11) is 0. The first-order chi connectivity index (χ1) is 9.81. The zero-order valence-electron chi connectivity index (χ0n) is 10.5. The number of hydrogen-bond acceptors (Lipinski definition) is 2. The van der Waals surface area contributed by atoms with Crippen molar-refractivity contribution in [3.63, 3.8) is 0 Å². The molecule has 0 saturated carbocycles. The molecule has 20 heavy (non-hydrogen) atoms. The van der Waals surface area contributed by atoms with Crippen molar-refractivity contribution in [3.05, 3.63) is 65.7 Å². The Balaban J connectivity index is 2.00. The number of nitrogens with zero attached hydrogens (tertiary/aromatic N) is 3. The molecule has 0 N–H and O–H groups in total. The van der Waals surface area contributed by atoms with E-state index in [-0.39, 0.29) is 0 Å². The smallest absolute Gasteiger partial charge is 0.154 e. The van der Waals surface area contributed by atoms with E-state index >= 15 is 0 Å². The second kappa shape index (κ2) is 4.32. The highest BCUT2D eigenvalue weighted by molar-refractivity contribution is 6.30. The molecule has 0 aliphatic heterocycles. The Morgan fingerprint density at radius 1 is 0.900 bits per heavy atom. The predicted molar refractivity (Wildman–Crippen MR) is 80.9 cm³/mol. The molecular formula is C16H10ClN3. The van der Waals surface area contributed by atoms with Crippen molar-refractivity contribution in [2.45, 2.75) is 0 Å². The molecule has 0 spiro atoms. The van der Waals surface area contributed by atoms with Crippen LogP contribution in [0.25, 0.3) is 27.9 Å². The number of para-hydroxylation sites is 2. The zero-order valence-corrected chi connectivity index (χ0v) is 11.2. The largest absolute Gasteiger partial charge is 0.227 e. The van der Waals surface area contributed by atoms with Crippen LogP contribution in [0.2, 0.25) is 5.02 Å². The Kier molecular flexibility index (Phi) is 2.47. The van der Waals surface area contributed by atoms with Gasteiger partial charge in [-0.1, -0.05) is 35.9 Å². The molecule has 3 nitrogen and oxygen atoms in total. The number of rotatable bonds is 1. The first-order valence-electron chi connectivity index (χ1n) is 6.32. The Morgan fingerprint density at radius 3 is 2.70 bits per heavy atom. The Bertz CT molecular complexity index is 927. The summed E-state index contributed by atoms with van der Waals surface area (Å²) < 4.78 is 1.87. The molecule has 2 aromatic carbocycles. The van der Waals surface area contributed by atoms with Gasteiger partial charge in [0, 0.05) is 10.6 Å². The number of benzene rings is 2. The fraction of sp³-hybridized carbons (Fsp3) is 0. The standard InChI is InChI=1S/C16H10ClN3/c17-12-5-3-4-11(10-12)13-8-9-16-18-14-6-1-2-7-15(14)20(16)19-13/h1-10H. The maximum absolute atomic E-state index is 6.04. The highest BCUT2D eigenvalue weighted by Crippen LogP contribution is 2.22. The van der Waals surface area contributed by atoms with Crippen molar-refractivity contribution in [3.8, 4) is 11.3 Å². The van der Waals surface area contributed by atoms with E-state index in [1.54, 1.807) is 0 Å². The van der Waals surface area contributed by atoms with E-state index in [0.717, 1.165) is 27.9 Å². The lowest BCUT2D eigenvalue weighted by molar-refractivity contribution is 0.972. The Morgan fingerprint density at radius 2 is 1.80 bits per heavy atom. The second-order valence-corrected chi connectivity index (χ2v) is 5.04. The van der Waals surface area contributed by atoms with Gasteiger partial charge in [0.2, 0.25) is 0 Å². The van der Waals surface area contributed by atoms with Crippen LogP contribution < -0.4 is 0 Å². The van der Waals surface area contributed by atoms with Crippen molar-refractivity contribution in [1.29, 1.82) is 0 Å². The van der Waals surface area contributed by atoms with Crippen LogP contribution in [-0.2, 0) is 0 Å². The summed E-state index contributed by atoms with van der Waals surface area (Å²) in [5.41, 5.74) is 4.67. The maximum Gasteiger partial charge on any atom is 0.154 e. The number of aromatic nitrogens is 3. The molecule has 0 saturated heterocycles. The lowest BCUT2D eigenvalue weighted by Gasteiger charge is -2.02. The molecule has 0 fully saturated rings. The van der Waals surface area contributed by atoms with Gasteiger partial charge in [-0.3, -0.25) is 0 Å². The minimum Gasteiger partial charge on any atom is -0.227 e. The summed E-state index contributed by atoms with van der Waals surface area (Å²) in [4.78, 5) is 4.54. The van der Waals surface area contributed by atoms with Crippen molar-refractivity contribution >= 4 is 28.3 Å². The molecule has 0 radical (unpaired) electrons. The summed E-state index contributed by atoms with van der Waals surface area (Å²) in [6, 6.07) is 19.6. The zero-order chi connectivity index (χ0) is 13.5. The van der Waals surface area contributed by atoms with Gasteiger partial charge in [-0.05, 0) is 36.4 Å². The van der Waals surface area contributed by atoms with Gasteiger partial charge in [-0.25, -0.2) is 9.50 Å². The van der Waals surface area contributed by atoms with Crippen LogP contribution >= 0.6 is 11.6 Å². The molecule has 4 heteroatoms.